The number of hydrogen-bond acceptors (Lipinski definition) is 7. The third-order valence-electron chi connectivity index (χ3n) is 13.6. The van der Waals surface area contributed by atoms with E-state index in [1.807, 2.05) is 69.7 Å². The summed E-state index contributed by atoms with van der Waals surface area (Å²) in [5, 5.41) is 6.32. The highest BCUT2D eigenvalue weighted by Gasteiger charge is 2.51. The second-order valence-electron chi connectivity index (χ2n) is 18.6. The maximum absolute atomic E-state index is 12.9. The van der Waals surface area contributed by atoms with Crippen molar-refractivity contribution in [3.05, 3.63) is 83.6 Å². The van der Waals surface area contributed by atoms with Gasteiger partial charge in [0, 0.05) is 66.0 Å². The predicted octanol–water partition coefficient (Wildman–Crippen LogP) is 7.13. The quantitative estimate of drug-likeness (QED) is 0.0630. The molecule has 4 aliphatic carbocycles. The minimum atomic E-state index is -4.41. The van der Waals surface area contributed by atoms with Crippen LogP contribution in [0.2, 0.25) is 0 Å². The molecular weight excluding hydrogens is 789 g/mol. The van der Waals surface area contributed by atoms with Gasteiger partial charge in [0.25, 0.3) is 20.2 Å². The predicted molar refractivity (Wildman–Crippen MR) is 228 cm³/mol. The molecule has 4 fully saturated rings. The molecule has 0 spiro atoms. The lowest BCUT2D eigenvalue weighted by Crippen LogP contribution is -2.60. The van der Waals surface area contributed by atoms with Crippen molar-refractivity contribution in [3.63, 3.8) is 0 Å². The first kappa shape index (κ1) is 43.0. The molecule has 0 saturated heterocycles. The molecule has 8 rings (SSSR count). The minimum Gasteiger partial charge on any atom is -0.356 e. The molecular formula is C45H59N4O8S2+. The van der Waals surface area contributed by atoms with Gasteiger partial charge >= 0.3 is 0 Å². The highest BCUT2D eigenvalue weighted by Crippen LogP contribution is 2.55. The van der Waals surface area contributed by atoms with Crippen molar-refractivity contribution in [1.82, 2.24) is 10.6 Å². The van der Waals surface area contributed by atoms with Gasteiger partial charge in [-0.25, -0.2) is 0 Å². The smallest absolute Gasteiger partial charge is 0.294 e. The number of carbonyl (C=O) groups excluding carboxylic acids is 2. The van der Waals surface area contributed by atoms with E-state index >= 15 is 0 Å². The second kappa shape index (κ2) is 16.1. The minimum absolute atomic E-state index is 0.0241. The fourth-order valence-corrected chi connectivity index (χ4v) is 12.2. The molecule has 0 aromatic heterocycles. The Balaban J connectivity index is 0.951. The molecule has 59 heavy (non-hydrogen) atoms. The fourth-order valence-electron chi connectivity index (χ4n) is 11.1. The van der Waals surface area contributed by atoms with Gasteiger partial charge in [0.1, 0.15) is 7.05 Å². The van der Waals surface area contributed by atoms with Gasteiger partial charge in [-0.3, -0.25) is 18.7 Å². The summed E-state index contributed by atoms with van der Waals surface area (Å²) in [6.07, 6.45) is 19.9. The Kier molecular flexibility index (Phi) is 11.7. The topological polar surface area (TPSA) is 173 Å². The average Bonchev–Trinajstić information content (AvgIpc) is 3.46. The third kappa shape index (κ3) is 8.87. The molecule has 4 saturated carbocycles. The number of hydrogen-bond donors (Lipinski definition) is 4. The van der Waals surface area contributed by atoms with Gasteiger partial charge in [-0.1, -0.05) is 38.5 Å². The molecule has 0 unspecified atom stereocenters. The zero-order chi connectivity index (χ0) is 42.5. The molecule has 2 aromatic rings. The lowest BCUT2D eigenvalue weighted by Gasteiger charge is -2.56. The van der Waals surface area contributed by atoms with Crippen molar-refractivity contribution in [2.24, 2.45) is 17.8 Å². The third-order valence-corrected chi connectivity index (χ3v) is 15.3. The Hall–Kier alpha value is -4.11. The summed E-state index contributed by atoms with van der Waals surface area (Å²) in [7, 11) is -6.84. The Morgan fingerprint density at radius 2 is 1.39 bits per heavy atom. The van der Waals surface area contributed by atoms with Crippen LogP contribution in [-0.2, 0) is 40.7 Å². The van der Waals surface area contributed by atoms with Crippen LogP contribution in [0, 0.1) is 17.8 Å². The Bertz CT molecular complexity index is 2340. The van der Waals surface area contributed by atoms with Crippen LogP contribution in [0.15, 0.2) is 82.3 Å². The second-order valence-corrected chi connectivity index (χ2v) is 21.4. The van der Waals surface area contributed by atoms with E-state index in [9.17, 15) is 35.5 Å². The molecule has 2 heterocycles. The Labute approximate surface area is 349 Å². The van der Waals surface area contributed by atoms with Crippen molar-refractivity contribution in [3.8, 4) is 0 Å². The summed E-state index contributed by atoms with van der Waals surface area (Å²) >= 11 is 0. The number of anilines is 1. The Morgan fingerprint density at radius 1 is 0.780 bits per heavy atom. The fraction of sp³-hybridized carbons (Fsp3) is 0.533. The first-order valence-electron chi connectivity index (χ1n) is 20.9. The summed E-state index contributed by atoms with van der Waals surface area (Å²) in [5.74, 6) is 2.25. The van der Waals surface area contributed by atoms with Crippen molar-refractivity contribution >= 4 is 49.1 Å². The SMILES string of the molecule is C[N+]1=C(C=CC=CC=C2N(CCCCCC(=O)NCCC(=O)NC34CC5CC(CC(C5)C3)C4)c3ccc(S(=O)(=O)O)cc3C2(C)C)C(C)(C)c2cc(S(=O)(=O)O)ccc21. The number of fused-ring (bicyclic) bond motifs is 2. The highest BCUT2D eigenvalue weighted by atomic mass is 32.2. The number of allylic oxidation sites excluding steroid dienone is 6. The van der Waals surface area contributed by atoms with Crippen molar-refractivity contribution < 1.29 is 40.1 Å². The first-order valence-corrected chi connectivity index (χ1v) is 23.8. The van der Waals surface area contributed by atoms with Crippen LogP contribution in [0.5, 0.6) is 0 Å². The molecule has 2 aliphatic heterocycles. The molecule has 0 atom stereocenters. The molecule has 0 radical (unpaired) electrons. The van der Waals surface area contributed by atoms with Gasteiger partial charge in [-0.2, -0.15) is 21.4 Å². The molecule has 6 aliphatic rings. The number of benzene rings is 2. The lowest BCUT2D eigenvalue weighted by atomic mass is 9.53. The van der Waals surface area contributed by atoms with E-state index in [1.165, 1.54) is 43.5 Å². The number of carbonyl (C=O) groups is 2. The Morgan fingerprint density at radius 3 is 2.02 bits per heavy atom. The first-order chi connectivity index (χ1) is 27.7. The molecule has 2 aromatic carbocycles. The summed E-state index contributed by atoms with van der Waals surface area (Å²) in [5.41, 5.74) is 4.01. The van der Waals surface area contributed by atoms with E-state index in [-0.39, 0.29) is 27.1 Å². The van der Waals surface area contributed by atoms with Crippen LogP contribution in [0.3, 0.4) is 0 Å². The van der Waals surface area contributed by atoms with E-state index in [0.717, 1.165) is 83.8 Å². The normalized spacial score (nSPS) is 26.0. The number of rotatable bonds is 15. The zero-order valence-corrected chi connectivity index (χ0v) is 36.5. The zero-order valence-electron chi connectivity index (χ0n) is 34.8. The van der Waals surface area contributed by atoms with Gasteiger partial charge in [0.15, 0.2) is 5.71 Å². The maximum atomic E-state index is 12.9. The van der Waals surface area contributed by atoms with Crippen molar-refractivity contribution in [2.45, 2.75) is 124 Å². The summed E-state index contributed by atoms with van der Waals surface area (Å²) in [4.78, 5) is 27.4. The van der Waals surface area contributed by atoms with Crippen LogP contribution >= 0.6 is 0 Å². The number of nitrogens with one attached hydrogen (secondary N) is 2. The highest BCUT2D eigenvalue weighted by molar-refractivity contribution is 7.86. The molecule has 318 valence electrons. The van der Waals surface area contributed by atoms with Crippen LogP contribution in [0.1, 0.15) is 109 Å². The summed E-state index contributed by atoms with van der Waals surface area (Å²) < 4.78 is 69.3. The molecule has 4 bridgehead atoms. The number of nitrogens with zero attached hydrogens (tertiary/aromatic N) is 2. The van der Waals surface area contributed by atoms with Crippen LogP contribution in [0.4, 0.5) is 11.4 Å². The largest absolute Gasteiger partial charge is 0.356 e. The number of amides is 2. The van der Waals surface area contributed by atoms with Crippen LogP contribution in [-0.4, -0.2) is 73.7 Å². The standard InChI is InChI=1S/C45H58N4O8S2/c1-43(2)35-25-33(58(52,53)54)15-17-37(35)48(5)39(43)12-8-6-9-13-40-44(3,4)36-26-34(59(55,56)57)16-18-38(36)49(40)21-11-7-10-14-41(50)46-20-19-42(51)47-45-27-30-22-31(28-45)24-32(23-30)29-45/h6,8-9,12-13,15-18,25-26,30-32H,7,10-11,14,19-24,27-29H2,1-5H3,(H3-,46,47,50,51,52,53,54,55,56,57)/p+1. The molecule has 4 N–H and O–H groups in total. The van der Waals surface area contributed by atoms with E-state index in [1.54, 1.807) is 12.1 Å². The van der Waals surface area contributed by atoms with E-state index in [2.05, 4.69) is 15.5 Å². The van der Waals surface area contributed by atoms with E-state index in [4.69, 9.17) is 0 Å². The van der Waals surface area contributed by atoms with Crippen LogP contribution in [0.25, 0.3) is 0 Å². The van der Waals surface area contributed by atoms with E-state index < -0.39 is 31.1 Å². The monoisotopic (exact) mass is 847 g/mol. The van der Waals surface area contributed by atoms with Gasteiger partial charge in [0.05, 0.1) is 15.2 Å². The van der Waals surface area contributed by atoms with Gasteiger partial charge < -0.3 is 15.5 Å². The van der Waals surface area contributed by atoms with Crippen molar-refractivity contribution in [1.29, 1.82) is 0 Å². The maximum Gasteiger partial charge on any atom is 0.294 e. The van der Waals surface area contributed by atoms with Gasteiger partial charge in [-0.15, -0.1) is 0 Å². The summed E-state index contributed by atoms with van der Waals surface area (Å²) in [6, 6.07) is 9.30. The number of unbranched alkanes of at least 4 members (excludes halogenated alkanes) is 2. The molecule has 2 amide bonds. The molecule has 14 heteroatoms. The lowest BCUT2D eigenvalue weighted by molar-refractivity contribution is -0.401. The van der Waals surface area contributed by atoms with E-state index in [0.29, 0.717) is 32.4 Å². The van der Waals surface area contributed by atoms with Crippen LogP contribution < -0.4 is 15.5 Å². The average molecular weight is 848 g/mol. The van der Waals surface area contributed by atoms with Gasteiger partial charge in [0.2, 0.25) is 17.5 Å². The van der Waals surface area contributed by atoms with Gasteiger partial charge in [-0.05, 0) is 125 Å². The van der Waals surface area contributed by atoms with Crippen molar-refractivity contribution in [2.75, 3.05) is 25.0 Å². The summed E-state index contributed by atoms with van der Waals surface area (Å²) in [6.45, 7) is 9.01. The molecule has 12 nitrogen and oxygen atoms in total.